The zero-order chi connectivity index (χ0) is 14.8. The van der Waals surface area contributed by atoms with Crippen molar-refractivity contribution in [2.45, 2.75) is 25.9 Å². The van der Waals surface area contributed by atoms with E-state index in [2.05, 4.69) is 34.1 Å². The Hall–Kier alpha value is -1.86. The summed E-state index contributed by atoms with van der Waals surface area (Å²) in [5, 5.41) is 4.10. The predicted octanol–water partition coefficient (Wildman–Crippen LogP) is 1.42. The Morgan fingerprint density at radius 3 is 2.57 bits per heavy atom. The van der Waals surface area contributed by atoms with E-state index < -0.39 is 0 Å². The third kappa shape index (κ3) is 3.08. The highest BCUT2D eigenvalue weighted by Crippen LogP contribution is 2.23. The average Bonchev–Trinajstić information content (AvgIpc) is 2.96. The molecular formula is C14H17N5OS. The van der Waals surface area contributed by atoms with Gasteiger partial charge in [-0.3, -0.25) is 4.79 Å². The first-order valence-corrected chi connectivity index (χ1v) is 7.73. The molecule has 2 atom stereocenters. The SMILES string of the molecule is C[C@@H]1CN(C(=O)c2cnc(-c3ncccn3)s2)C[C@@H](C)N1. The van der Waals surface area contributed by atoms with E-state index in [1.807, 2.05) is 4.90 Å². The summed E-state index contributed by atoms with van der Waals surface area (Å²) in [7, 11) is 0. The maximum atomic E-state index is 12.6. The van der Waals surface area contributed by atoms with E-state index >= 15 is 0 Å². The summed E-state index contributed by atoms with van der Waals surface area (Å²) in [6.07, 6.45) is 4.96. The number of hydrogen-bond donors (Lipinski definition) is 1. The van der Waals surface area contributed by atoms with Gasteiger partial charge in [0.15, 0.2) is 10.8 Å². The van der Waals surface area contributed by atoms with Crippen LogP contribution in [0.25, 0.3) is 10.8 Å². The molecule has 1 N–H and O–H groups in total. The molecule has 1 fully saturated rings. The number of carbonyl (C=O) groups excluding carboxylic acids is 1. The molecule has 0 bridgehead atoms. The van der Waals surface area contributed by atoms with Crippen LogP contribution in [0.2, 0.25) is 0 Å². The minimum absolute atomic E-state index is 0.0369. The van der Waals surface area contributed by atoms with Gasteiger partial charge in [0.1, 0.15) is 4.88 Å². The predicted molar refractivity (Wildman–Crippen MR) is 81.1 cm³/mol. The first-order valence-electron chi connectivity index (χ1n) is 6.92. The molecule has 1 aliphatic heterocycles. The van der Waals surface area contributed by atoms with Gasteiger partial charge in [0, 0.05) is 37.6 Å². The Kier molecular flexibility index (Phi) is 3.94. The lowest BCUT2D eigenvalue weighted by Gasteiger charge is -2.35. The highest BCUT2D eigenvalue weighted by Gasteiger charge is 2.26. The van der Waals surface area contributed by atoms with Gasteiger partial charge in [-0.1, -0.05) is 0 Å². The van der Waals surface area contributed by atoms with Crippen molar-refractivity contribution in [3.8, 4) is 10.8 Å². The fraction of sp³-hybridized carbons (Fsp3) is 0.429. The zero-order valence-electron chi connectivity index (χ0n) is 12.0. The Morgan fingerprint density at radius 1 is 1.24 bits per heavy atom. The second-order valence-corrected chi connectivity index (χ2v) is 6.31. The smallest absolute Gasteiger partial charge is 0.265 e. The minimum Gasteiger partial charge on any atom is -0.335 e. The van der Waals surface area contributed by atoms with Crippen molar-refractivity contribution >= 4 is 17.2 Å². The largest absolute Gasteiger partial charge is 0.335 e. The van der Waals surface area contributed by atoms with Crippen LogP contribution in [0.5, 0.6) is 0 Å². The van der Waals surface area contributed by atoms with Crippen molar-refractivity contribution in [1.29, 1.82) is 0 Å². The number of carbonyl (C=O) groups is 1. The molecule has 0 unspecified atom stereocenters. The summed E-state index contributed by atoms with van der Waals surface area (Å²) < 4.78 is 0. The molecule has 0 aromatic carbocycles. The molecule has 3 heterocycles. The Labute approximate surface area is 127 Å². The van der Waals surface area contributed by atoms with E-state index in [1.54, 1.807) is 24.7 Å². The van der Waals surface area contributed by atoms with Gasteiger partial charge in [0.05, 0.1) is 6.20 Å². The van der Waals surface area contributed by atoms with Crippen LogP contribution in [0.4, 0.5) is 0 Å². The third-order valence-corrected chi connectivity index (χ3v) is 4.30. The number of nitrogens with zero attached hydrogens (tertiary/aromatic N) is 4. The molecular weight excluding hydrogens is 286 g/mol. The summed E-state index contributed by atoms with van der Waals surface area (Å²) in [5.74, 6) is 0.596. The standard InChI is InChI=1S/C14H17N5OS/c1-9-7-19(8-10(2)18-9)14(20)11-6-17-13(21-11)12-15-4-3-5-16-12/h3-6,9-10,18H,7-8H2,1-2H3/t9-,10-/m1/s1. The topological polar surface area (TPSA) is 71.0 Å². The maximum absolute atomic E-state index is 12.6. The van der Waals surface area contributed by atoms with E-state index in [9.17, 15) is 4.79 Å². The van der Waals surface area contributed by atoms with E-state index in [1.165, 1.54) is 11.3 Å². The molecule has 0 saturated carbocycles. The number of nitrogens with one attached hydrogen (secondary N) is 1. The Balaban J connectivity index is 1.78. The van der Waals surface area contributed by atoms with Gasteiger partial charge >= 0.3 is 0 Å². The highest BCUT2D eigenvalue weighted by atomic mass is 32.1. The second-order valence-electron chi connectivity index (χ2n) is 5.28. The molecule has 7 heteroatoms. The van der Waals surface area contributed by atoms with E-state index in [0.717, 1.165) is 13.1 Å². The Morgan fingerprint density at radius 2 is 1.90 bits per heavy atom. The van der Waals surface area contributed by atoms with Gasteiger partial charge in [-0.05, 0) is 19.9 Å². The summed E-state index contributed by atoms with van der Waals surface area (Å²) in [4.78, 5) is 27.7. The Bertz CT molecular complexity index is 619. The lowest BCUT2D eigenvalue weighted by atomic mass is 10.1. The summed E-state index contributed by atoms with van der Waals surface area (Å²) in [6.45, 7) is 5.62. The van der Waals surface area contributed by atoms with Crippen LogP contribution in [0, 0.1) is 0 Å². The normalized spacial score (nSPS) is 22.3. The van der Waals surface area contributed by atoms with Crippen molar-refractivity contribution in [3.05, 3.63) is 29.5 Å². The lowest BCUT2D eigenvalue weighted by Crippen LogP contribution is -2.55. The maximum Gasteiger partial charge on any atom is 0.265 e. The fourth-order valence-electron chi connectivity index (χ4n) is 2.53. The number of thiazole rings is 1. The molecule has 1 amide bonds. The van der Waals surface area contributed by atoms with Crippen molar-refractivity contribution in [1.82, 2.24) is 25.2 Å². The molecule has 6 nitrogen and oxygen atoms in total. The van der Waals surface area contributed by atoms with Gasteiger partial charge in [0.2, 0.25) is 0 Å². The van der Waals surface area contributed by atoms with Crippen molar-refractivity contribution in [2.24, 2.45) is 0 Å². The first-order chi connectivity index (χ1) is 10.1. The molecule has 0 aliphatic carbocycles. The second kappa shape index (κ2) is 5.87. The van der Waals surface area contributed by atoms with Crippen molar-refractivity contribution in [3.63, 3.8) is 0 Å². The van der Waals surface area contributed by atoms with Crippen molar-refractivity contribution < 1.29 is 4.79 Å². The number of piperazine rings is 1. The van der Waals surface area contributed by atoms with Crippen LogP contribution in [-0.2, 0) is 0 Å². The van der Waals surface area contributed by atoms with Crippen LogP contribution in [-0.4, -0.2) is 50.9 Å². The fourth-order valence-corrected chi connectivity index (χ4v) is 3.37. The van der Waals surface area contributed by atoms with Crippen LogP contribution in [0.3, 0.4) is 0 Å². The molecule has 2 aromatic heterocycles. The average molecular weight is 303 g/mol. The summed E-state index contributed by atoms with van der Waals surface area (Å²) in [5.41, 5.74) is 0. The molecule has 2 aromatic rings. The summed E-state index contributed by atoms with van der Waals surface area (Å²) >= 11 is 1.34. The van der Waals surface area contributed by atoms with Crippen LogP contribution >= 0.6 is 11.3 Å². The third-order valence-electron chi connectivity index (χ3n) is 3.32. The molecule has 0 radical (unpaired) electrons. The van der Waals surface area contributed by atoms with Gasteiger partial charge in [-0.25, -0.2) is 15.0 Å². The van der Waals surface area contributed by atoms with Gasteiger partial charge < -0.3 is 10.2 Å². The van der Waals surface area contributed by atoms with E-state index in [-0.39, 0.29) is 5.91 Å². The highest BCUT2D eigenvalue weighted by molar-refractivity contribution is 7.16. The van der Waals surface area contributed by atoms with Crippen LogP contribution in [0.1, 0.15) is 23.5 Å². The molecule has 110 valence electrons. The number of aromatic nitrogens is 3. The van der Waals surface area contributed by atoms with Crippen LogP contribution < -0.4 is 5.32 Å². The molecule has 1 saturated heterocycles. The minimum atomic E-state index is 0.0369. The van der Waals surface area contributed by atoms with Gasteiger partial charge in [-0.2, -0.15) is 0 Å². The summed E-state index contributed by atoms with van der Waals surface area (Å²) in [6, 6.07) is 2.37. The number of rotatable bonds is 2. The van der Waals surface area contributed by atoms with Gasteiger partial charge in [0.25, 0.3) is 5.91 Å². The van der Waals surface area contributed by atoms with Crippen molar-refractivity contribution in [2.75, 3.05) is 13.1 Å². The van der Waals surface area contributed by atoms with E-state index in [0.29, 0.717) is 27.8 Å². The van der Waals surface area contributed by atoms with Gasteiger partial charge in [-0.15, -0.1) is 11.3 Å². The molecule has 21 heavy (non-hydrogen) atoms. The zero-order valence-corrected chi connectivity index (χ0v) is 12.8. The number of hydrogen-bond acceptors (Lipinski definition) is 6. The molecule has 1 aliphatic rings. The quantitative estimate of drug-likeness (QED) is 0.908. The lowest BCUT2D eigenvalue weighted by molar-refractivity contribution is 0.0678. The molecule has 3 rings (SSSR count). The van der Waals surface area contributed by atoms with E-state index in [4.69, 9.17) is 0 Å². The number of amides is 1. The van der Waals surface area contributed by atoms with Crippen LogP contribution in [0.15, 0.2) is 24.7 Å². The first kappa shape index (κ1) is 14.1. The monoisotopic (exact) mass is 303 g/mol. The molecule has 0 spiro atoms.